The summed E-state index contributed by atoms with van der Waals surface area (Å²) in [5.74, 6) is -0.448. The number of Topliss-reactive ketones (excluding diaryl/α,β-unsaturated/α-hetero) is 1. The number of rotatable bonds is 2. The van der Waals surface area contributed by atoms with Gasteiger partial charge in [-0.1, -0.05) is 29.8 Å². The highest BCUT2D eigenvalue weighted by atomic mass is 35.5. The molecule has 84 valence electrons. The van der Waals surface area contributed by atoms with Crippen LogP contribution < -0.4 is 0 Å². The van der Waals surface area contributed by atoms with Crippen LogP contribution in [0.4, 0.5) is 0 Å². The minimum absolute atomic E-state index is 0.126. The molecule has 0 amide bonds. The number of allylic oxidation sites excluding steroid dienone is 1. The molecule has 0 saturated carbocycles. The average molecular weight is 265 g/mol. The second kappa shape index (κ2) is 4.25. The van der Waals surface area contributed by atoms with Gasteiger partial charge in [0.25, 0.3) is 0 Å². The number of H-pyrrole nitrogens is 1. The number of aromatic nitrogens is 1. The minimum atomic E-state index is -0.448. The van der Waals surface area contributed by atoms with Crippen molar-refractivity contribution in [2.24, 2.45) is 0 Å². The summed E-state index contributed by atoms with van der Waals surface area (Å²) in [4.78, 5) is 14.6. The number of nitrogens with one attached hydrogen (secondary N) is 1. The topological polar surface area (TPSA) is 56.6 Å². The van der Waals surface area contributed by atoms with Gasteiger partial charge in [0.05, 0.1) is 16.3 Å². The molecule has 0 spiro atoms. The third kappa shape index (κ3) is 2.05. The normalized spacial score (nSPS) is 10.2. The van der Waals surface area contributed by atoms with Crippen LogP contribution in [0.15, 0.2) is 30.4 Å². The molecule has 0 saturated heterocycles. The van der Waals surface area contributed by atoms with E-state index in [0.29, 0.717) is 20.9 Å². The maximum absolute atomic E-state index is 11.7. The van der Waals surface area contributed by atoms with Crippen molar-refractivity contribution < 1.29 is 4.79 Å². The SMILES string of the molecule is C=C(C#N)C(=O)c1cc2c(Cl)cc(Cl)cc2[nH]1. The number of nitriles is 1. The molecule has 1 aromatic carbocycles. The molecule has 2 rings (SSSR count). The van der Waals surface area contributed by atoms with Gasteiger partial charge in [-0.05, 0) is 18.2 Å². The smallest absolute Gasteiger partial charge is 0.219 e. The Morgan fingerprint density at radius 3 is 2.71 bits per heavy atom. The fourth-order valence-electron chi connectivity index (χ4n) is 1.50. The zero-order valence-electron chi connectivity index (χ0n) is 8.55. The standard InChI is InChI=1S/C12H6Cl2N2O/c1-6(5-15)12(17)11-4-8-9(14)2-7(13)3-10(8)16-11/h2-4,16H,1H2. The van der Waals surface area contributed by atoms with E-state index >= 15 is 0 Å². The molecule has 0 aliphatic rings. The maximum atomic E-state index is 11.7. The molecule has 3 nitrogen and oxygen atoms in total. The van der Waals surface area contributed by atoms with E-state index in [1.54, 1.807) is 24.3 Å². The van der Waals surface area contributed by atoms with Crippen LogP contribution in [0.5, 0.6) is 0 Å². The second-order valence-corrected chi connectivity index (χ2v) is 4.29. The lowest BCUT2D eigenvalue weighted by Gasteiger charge is -1.94. The van der Waals surface area contributed by atoms with E-state index in [4.69, 9.17) is 28.5 Å². The Morgan fingerprint density at radius 1 is 1.35 bits per heavy atom. The first-order valence-electron chi connectivity index (χ1n) is 4.64. The highest BCUT2D eigenvalue weighted by Gasteiger charge is 2.14. The zero-order chi connectivity index (χ0) is 12.6. The van der Waals surface area contributed by atoms with Crippen LogP contribution in [-0.2, 0) is 0 Å². The Balaban J connectivity index is 2.60. The lowest BCUT2D eigenvalue weighted by atomic mass is 10.1. The van der Waals surface area contributed by atoms with Crippen LogP contribution in [-0.4, -0.2) is 10.8 Å². The van der Waals surface area contributed by atoms with Gasteiger partial charge in [0.1, 0.15) is 6.07 Å². The van der Waals surface area contributed by atoms with Crippen molar-refractivity contribution in [1.82, 2.24) is 4.98 Å². The third-order valence-electron chi connectivity index (χ3n) is 2.31. The number of nitrogens with zero attached hydrogens (tertiary/aromatic N) is 1. The number of fused-ring (bicyclic) bond motifs is 1. The average Bonchev–Trinajstić information content (AvgIpc) is 2.70. The molecule has 0 fully saturated rings. The van der Waals surface area contributed by atoms with E-state index in [-0.39, 0.29) is 11.3 Å². The first-order valence-corrected chi connectivity index (χ1v) is 5.40. The molecule has 0 aliphatic carbocycles. The predicted molar refractivity (Wildman–Crippen MR) is 67.4 cm³/mol. The molecule has 0 aliphatic heterocycles. The van der Waals surface area contributed by atoms with Crippen molar-refractivity contribution in [2.45, 2.75) is 0 Å². The quantitative estimate of drug-likeness (QED) is 0.511. The van der Waals surface area contributed by atoms with Gasteiger partial charge in [0.15, 0.2) is 0 Å². The van der Waals surface area contributed by atoms with Crippen molar-refractivity contribution in [3.05, 3.63) is 46.1 Å². The number of halogens is 2. The summed E-state index contributed by atoms with van der Waals surface area (Å²) < 4.78 is 0. The molecular formula is C12H6Cl2N2O. The summed E-state index contributed by atoms with van der Waals surface area (Å²) in [6, 6.07) is 6.54. The molecule has 1 N–H and O–H groups in total. The predicted octanol–water partition coefficient (Wildman–Crippen LogP) is 3.74. The highest BCUT2D eigenvalue weighted by Crippen LogP contribution is 2.28. The number of hydrogen-bond donors (Lipinski definition) is 1. The number of hydrogen-bond acceptors (Lipinski definition) is 2. The van der Waals surface area contributed by atoms with Crippen LogP contribution in [0.25, 0.3) is 10.9 Å². The lowest BCUT2D eigenvalue weighted by Crippen LogP contribution is -2.00. The van der Waals surface area contributed by atoms with Crippen molar-refractivity contribution in [3.63, 3.8) is 0 Å². The third-order valence-corrected chi connectivity index (χ3v) is 2.84. The van der Waals surface area contributed by atoms with Crippen LogP contribution >= 0.6 is 23.2 Å². The van der Waals surface area contributed by atoms with E-state index in [2.05, 4.69) is 11.6 Å². The minimum Gasteiger partial charge on any atom is -0.352 e. The van der Waals surface area contributed by atoms with Gasteiger partial charge < -0.3 is 4.98 Å². The van der Waals surface area contributed by atoms with Gasteiger partial charge in [-0.2, -0.15) is 5.26 Å². The molecule has 2 aromatic rings. The second-order valence-electron chi connectivity index (χ2n) is 3.45. The number of carbonyl (C=O) groups is 1. The Labute approximate surface area is 107 Å². The monoisotopic (exact) mass is 264 g/mol. The summed E-state index contributed by atoms with van der Waals surface area (Å²) in [7, 11) is 0. The summed E-state index contributed by atoms with van der Waals surface area (Å²) in [5, 5.41) is 10.2. The van der Waals surface area contributed by atoms with Gasteiger partial charge in [0.2, 0.25) is 5.78 Å². The molecule has 1 heterocycles. The van der Waals surface area contributed by atoms with Crippen LogP contribution in [0.2, 0.25) is 10.0 Å². The fourth-order valence-corrected chi connectivity index (χ4v) is 2.04. The number of aromatic amines is 1. The van der Waals surface area contributed by atoms with E-state index in [1.165, 1.54) is 0 Å². The maximum Gasteiger partial charge on any atom is 0.219 e. The van der Waals surface area contributed by atoms with Crippen molar-refractivity contribution in [1.29, 1.82) is 5.26 Å². The summed E-state index contributed by atoms with van der Waals surface area (Å²) >= 11 is 11.8. The van der Waals surface area contributed by atoms with Gasteiger partial charge in [-0.3, -0.25) is 4.79 Å². The molecular weight excluding hydrogens is 259 g/mol. The van der Waals surface area contributed by atoms with E-state index < -0.39 is 5.78 Å². The van der Waals surface area contributed by atoms with Gasteiger partial charge in [-0.15, -0.1) is 0 Å². The van der Waals surface area contributed by atoms with Crippen LogP contribution in [0.3, 0.4) is 0 Å². The summed E-state index contributed by atoms with van der Waals surface area (Å²) in [5.41, 5.74) is 0.797. The molecule has 0 atom stereocenters. The number of benzene rings is 1. The summed E-state index contributed by atoms with van der Waals surface area (Å²) in [6.45, 7) is 3.37. The number of ketones is 1. The van der Waals surface area contributed by atoms with E-state index in [0.717, 1.165) is 0 Å². The molecule has 0 bridgehead atoms. The van der Waals surface area contributed by atoms with Gasteiger partial charge in [-0.25, -0.2) is 0 Å². The Kier molecular flexibility index (Phi) is 2.93. The molecule has 17 heavy (non-hydrogen) atoms. The van der Waals surface area contributed by atoms with Crippen molar-refractivity contribution in [3.8, 4) is 6.07 Å². The Morgan fingerprint density at radius 2 is 2.06 bits per heavy atom. The number of carbonyl (C=O) groups excluding carboxylic acids is 1. The first-order chi connectivity index (χ1) is 8.02. The largest absolute Gasteiger partial charge is 0.352 e. The van der Waals surface area contributed by atoms with Crippen molar-refractivity contribution >= 4 is 39.9 Å². The Hall–Kier alpha value is -1.76. The summed E-state index contributed by atoms with van der Waals surface area (Å²) in [6.07, 6.45) is 0. The van der Waals surface area contributed by atoms with Crippen molar-refractivity contribution in [2.75, 3.05) is 0 Å². The molecule has 0 radical (unpaired) electrons. The van der Waals surface area contributed by atoms with Gasteiger partial charge >= 0.3 is 0 Å². The molecule has 1 aromatic heterocycles. The zero-order valence-corrected chi connectivity index (χ0v) is 10.1. The molecule has 5 heteroatoms. The first kappa shape index (κ1) is 11.7. The highest BCUT2D eigenvalue weighted by molar-refractivity contribution is 6.38. The van der Waals surface area contributed by atoms with Crippen LogP contribution in [0, 0.1) is 11.3 Å². The van der Waals surface area contributed by atoms with Gasteiger partial charge in [0, 0.05) is 15.9 Å². The lowest BCUT2D eigenvalue weighted by molar-refractivity contribution is 0.103. The Bertz CT molecular complexity index is 680. The van der Waals surface area contributed by atoms with E-state index in [9.17, 15) is 4.79 Å². The van der Waals surface area contributed by atoms with E-state index in [1.807, 2.05) is 0 Å². The molecule has 0 unspecified atom stereocenters. The van der Waals surface area contributed by atoms with Crippen LogP contribution in [0.1, 0.15) is 10.5 Å². The fraction of sp³-hybridized carbons (Fsp3) is 0.